The molecule has 134 valence electrons. The minimum atomic E-state index is -0.459. The van der Waals surface area contributed by atoms with Crippen molar-refractivity contribution in [2.45, 2.75) is 32.7 Å². The molecule has 1 heterocycles. The van der Waals surface area contributed by atoms with E-state index in [0.29, 0.717) is 17.3 Å². The number of carbonyl (C=O) groups excluding carboxylic acids is 1. The van der Waals surface area contributed by atoms with E-state index in [-0.39, 0.29) is 19.1 Å². The van der Waals surface area contributed by atoms with Crippen molar-refractivity contribution in [3.63, 3.8) is 0 Å². The first-order chi connectivity index (χ1) is 11.9. The van der Waals surface area contributed by atoms with Crippen molar-refractivity contribution in [3.8, 4) is 5.75 Å². The summed E-state index contributed by atoms with van der Waals surface area (Å²) in [5.41, 5.74) is 1.35. The monoisotopic (exact) mass is 343 g/mol. The number of hydrogen-bond acceptors (Lipinski definition) is 5. The summed E-state index contributed by atoms with van der Waals surface area (Å²) >= 11 is 0. The number of aliphatic hydroxyl groups excluding tert-OH is 1. The maximum Gasteiger partial charge on any atom is 0.262 e. The molecule has 0 aliphatic carbocycles. The summed E-state index contributed by atoms with van der Waals surface area (Å²) < 4.78 is 5.47. The molecule has 1 aromatic heterocycles. The third kappa shape index (κ3) is 6.08. The van der Waals surface area contributed by atoms with Crippen LogP contribution in [0.2, 0.25) is 0 Å². The Morgan fingerprint density at radius 1 is 1.20 bits per heavy atom. The standard InChI is InChI=1S/C19H25N3O3/c1-4-14-5-8-16(9-6-14)25-12-18(24)21-15-7-10-17(20-11-15)22-19(2,3)13-23/h5-11,23H,4,12-13H2,1-3H3,(H,20,22)(H,21,24). The number of aryl methyl sites for hydroxylation is 1. The Hall–Kier alpha value is -2.60. The Morgan fingerprint density at radius 2 is 1.92 bits per heavy atom. The van der Waals surface area contributed by atoms with Gasteiger partial charge in [0.1, 0.15) is 11.6 Å². The SMILES string of the molecule is CCc1ccc(OCC(=O)Nc2ccc(NC(C)(C)CO)nc2)cc1. The normalized spacial score (nSPS) is 11.0. The van der Waals surface area contributed by atoms with Gasteiger partial charge in [-0.1, -0.05) is 19.1 Å². The molecule has 2 aromatic rings. The largest absolute Gasteiger partial charge is 0.484 e. The second-order valence-electron chi connectivity index (χ2n) is 6.43. The van der Waals surface area contributed by atoms with Gasteiger partial charge >= 0.3 is 0 Å². The summed E-state index contributed by atoms with van der Waals surface area (Å²) in [5.74, 6) is 1.04. The van der Waals surface area contributed by atoms with Crippen molar-refractivity contribution in [3.05, 3.63) is 48.2 Å². The van der Waals surface area contributed by atoms with E-state index >= 15 is 0 Å². The van der Waals surface area contributed by atoms with Crippen LogP contribution in [0.25, 0.3) is 0 Å². The molecule has 6 heteroatoms. The Labute approximate surface area is 148 Å². The fourth-order valence-corrected chi connectivity index (χ4v) is 2.10. The lowest BCUT2D eigenvalue weighted by molar-refractivity contribution is -0.118. The first-order valence-electron chi connectivity index (χ1n) is 8.28. The van der Waals surface area contributed by atoms with Crippen molar-refractivity contribution in [1.29, 1.82) is 0 Å². The van der Waals surface area contributed by atoms with E-state index in [1.807, 2.05) is 38.1 Å². The van der Waals surface area contributed by atoms with E-state index in [1.165, 1.54) is 5.56 Å². The lowest BCUT2D eigenvalue weighted by Gasteiger charge is -2.24. The van der Waals surface area contributed by atoms with Crippen molar-refractivity contribution < 1.29 is 14.6 Å². The zero-order chi connectivity index (χ0) is 18.3. The molecule has 2 rings (SSSR count). The molecule has 0 aliphatic rings. The highest BCUT2D eigenvalue weighted by molar-refractivity contribution is 5.91. The summed E-state index contributed by atoms with van der Waals surface area (Å²) in [4.78, 5) is 16.2. The van der Waals surface area contributed by atoms with Gasteiger partial charge in [-0.3, -0.25) is 4.79 Å². The number of pyridine rings is 1. The van der Waals surface area contributed by atoms with Gasteiger partial charge in [-0.25, -0.2) is 4.98 Å². The van der Waals surface area contributed by atoms with Crippen molar-refractivity contribution in [1.82, 2.24) is 4.98 Å². The number of nitrogens with zero attached hydrogens (tertiary/aromatic N) is 1. The van der Waals surface area contributed by atoms with Gasteiger partial charge in [-0.05, 0) is 50.1 Å². The number of hydrogen-bond donors (Lipinski definition) is 3. The molecule has 1 aromatic carbocycles. The van der Waals surface area contributed by atoms with E-state index in [4.69, 9.17) is 4.74 Å². The predicted molar refractivity (Wildman–Crippen MR) is 99.0 cm³/mol. The lowest BCUT2D eigenvalue weighted by Crippen LogP contribution is -2.35. The molecule has 1 amide bonds. The third-order valence-corrected chi connectivity index (χ3v) is 3.61. The number of aliphatic hydroxyl groups is 1. The van der Waals surface area contributed by atoms with Crippen LogP contribution in [-0.2, 0) is 11.2 Å². The summed E-state index contributed by atoms with van der Waals surface area (Å²) in [7, 11) is 0. The molecular formula is C19H25N3O3. The van der Waals surface area contributed by atoms with Gasteiger partial charge in [-0.2, -0.15) is 0 Å². The van der Waals surface area contributed by atoms with E-state index in [1.54, 1.807) is 18.3 Å². The predicted octanol–water partition coefficient (Wildman–Crippen LogP) is 2.84. The van der Waals surface area contributed by atoms with Gasteiger partial charge < -0.3 is 20.5 Å². The molecule has 3 N–H and O–H groups in total. The number of anilines is 2. The van der Waals surface area contributed by atoms with Crippen LogP contribution in [0.15, 0.2) is 42.6 Å². The first kappa shape index (κ1) is 18.7. The van der Waals surface area contributed by atoms with E-state index in [9.17, 15) is 9.90 Å². The topological polar surface area (TPSA) is 83.5 Å². The average Bonchev–Trinajstić information content (AvgIpc) is 2.62. The molecule has 0 radical (unpaired) electrons. The lowest BCUT2D eigenvalue weighted by atomic mass is 10.1. The number of benzene rings is 1. The number of rotatable bonds is 8. The average molecular weight is 343 g/mol. The molecule has 0 unspecified atom stereocenters. The zero-order valence-electron chi connectivity index (χ0n) is 14.9. The van der Waals surface area contributed by atoms with Gasteiger partial charge in [0, 0.05) is 0 Å². The Balaban J connectivity index is 1.83. The smallest absolute Gasteiger partial charge is 0.262 e. The highest BCUT2D eigenvalue weighted by Gasteiger charge is 2.16. The number of ether oxygens (including phenoxy) is 1. The Kier molecular flexibility index (Phi) is 6.36. The molecule has 0 saturated carbocycles. The van der Waals surface area contributed by atoms with Gasteiger partial charge in [0.2, 0.25) is 0 Å². The van der Waals surface area contributed by atoms with Crippen LogP contribution in [0.4, 0.5) is 11.5 Å². The molecule has 6 nitrogen and oxygen atoms in total. The first-order valence-corrected chi connectivity index (χ1v) is 8.28. The summed E-state index contributed by atoms with van der Waals surface area (Å²) in [5, 5.41) is 15.1. The number of amides is 1. The maximum absolute atomic E-state index is 12.0. The molecule has 0 bridgehead atoms. The van der Waals surface area contributed by atoms with Crippen molar-refractivity contribution >= 4 is 17.4 Å². The maximum atomic E-state index is 12.0. The quantitative estimate of drug-likeness (QED) is 0.686. The second-order valence-corrected chi connectivity index (χ2v) is 6.43. The third-order valence-electron chi connectivity index (χ3n) is 3.61. The van der Waals surface area contributed by atoms with Gasteiger partial charge in [0.15, 0.2) is 6.61 Å². The summed E-state index contributed by atoms with van der Waals surface area (Å²) in [6.45, 7) is 5.75. The van der Waals surface area contributed by atoms with Crippen LogP contribution in [0, 0.1) is 0 Å². The van der Waals surface area contributed by atoms with Crippen LogP contribution in [0.5, 0.6) is 5.75 Å². The molecule has 25 heavy (non-hydrogen) atoms. The Morgan fingerprint density at radius 3 is 2.48 bits per heavy atom. The number of aromatic nitrogens is 1. The van der Waals surface area contributed by atoms with Crippen LogP contribution in [-0.4, -0.2) is 34.8 Å². The fourth-order valence-electron chi connectivity index (χ4n) is 2.10. The van der Waals surface area contributed by atoms with Crippen molar-refractivity contribution in [2.24, 2.45) is 0 Å². The molecule has 0 spiro atoms. The van der Waals surface area contributed by atoms with Gasteiger partial charge in [0.25, 0.3) is 5.91 Å². The molecule has 0 saturated heterocycles. The van der Waals surface area contributed by atoms with Crippen LogP contribution >= 0.6 is 0 Å². The minimum Gasteiger partial charge on any atom is -0.484 e. The molecule has 0 fully saturated rings. The molecule has 0 aliphatic heterocycles. The van der Waals surface area contributed by atoms with Gasteiger partial charge in [-0.15, -0.1) is 0 Å². The number of nitrogens with one attached hydrogen (secondary N) is 2. The molecule has 0 atom stereocenters. The van der Waals surface area contributed by atoms with E-state index < -0.39 is 5.54 Å². The van der Waals surface area contributed by atoms with Crippen LogP contribution in [0.3, 0.4) is 0 Å². The summed E-state index contributed by atoms with van der Waals surface area (Å²) in [6.07, 6.45) is 2.53. The highest BCUT2D eigenvalue weighted by atomic mass is 16.5. The van der Waals surface area contributed by atoms with Crippen LogP contribution < -0.4 is 15.4 Å². The zero-order valence-corrected chi connectivity index (χ0v) is 14.9. The van der Waals surface area contributed by atoms with Gasteiger partial charge in [0.05, 0.1) is 24.0 Å². The number of carbonyl (C=O) groups is 1. The Bertz CT molecular complexity index is 682. The van der Waals surface area contributed by atoms with E-state index in [2.05, 4.69) is 22.5 Å². The van der Waals surface area contributed by atoms with Crippen molar-refractivity contribution in [2.75, 3.05) is 23.8 Å². The van der Waals surface area contributed by atoms with Crippen LogP contribution in [0.1, 0.15) is 26.3 Å². The second kappa shape index (κ2) is 8.48. The highest BCUT2D eigenvalue weighted by Crippen LogP contribution is 2.15. The summed E-state index contributed by atoms with van der Waals surface area (Å²) in [6, 6.07) is 11.2. The fraction of sp³-hybridized carbons (Fsp3) is 0.368. The minimum absolute atomic E-state index is 0.0102. The van der Waals surface area contributed by atoms with E-state index in [0.717, 1.165) is 6.42 Å². The molecular weight excluding hydrogens is 318 g/mol.